The van der Waals surface area contributed by atoms with Crippen molar-refractivity contribution in [3.8, 4) is 5.69 Å². The fourth-order valence-corrected chi connectivity index (χ4v) is 2.52. The van der Waals surface area contributed by atoms with E-state index in [1.54, 1.807) is 36.3 Å². The number of morpholine rings is 1. The van der Waals surface area contributed by atoms with E-state index in [2.05, 4.69) is 10.3 Å². The second-order valence-corrected chi connectivity index (χ2v) is 5.08. The van der Waals surface area contributed by atoms with Gasteiger partial charge >= 0.3 is 0 Å². The van der Waals surface area contributed by atoms with Crippen molar-refractivity contribution >= 4 is 5.91 Å². The van der Waals surface area contributed by atoms with Crippen molar-refractivity contribution < 1.29 is 14.3 Å². The summed E-state index contributed by atoms with van der Waals surface area (Å²) in [4.78, 5) is 14.5. The average Bonchev–Trinajstić information content (AvgIpc) is 3.10. The van der Waals surface area contributed by atoms with Crippen LogP contribution in [-0.4, -0.2) is 65.3 Å². The number of hydrogen-bond donors (Lipinski definition) is 0. The van der Waals surface area contributed by atoms with E-state index in [9.17, 15) is 4.79 Å². The van der Waals surface area contributed by atoms with Crippen molar-refractivity contribution in [3.63, 3.8) is 0 Å². The van der Waals surface area contributed by atoms with Gasteiger partial charge in [-0.15, -0.1) is 5.10 Å². The van der Waals surface area contributed by atoms with Gasteiger partial charge in [-0.3, -0.25) is 4.79 Å². The summed E-state index contributed by atoms with van der Waals surface area (Å²) in [6, 6.07) is 7.28. The van der Waals surface area contributed by atoms with E-state index < -0.39 is 0 Å². The lowest BCUT2D eigenvalue weighted by molar-refractivity contribution is -0.0251. The van der Waals surface area contributed by atoms with E-state index in [1.165, 1.54) is 0 Å². The molecule has 1 aromatic carbocycles. The maximum Gasteiger partial charge on any atom is 0.254 e. The molecule has 22 heavy (non-hydrogen) atoms. The fraction of sp³-hybridized carbons (Fsp3) is 0.400. The molecule has 1 amide bonds. The van der Waals surface area contributed by atoms with Crippen LogP contribution in [0.5, 0.6) is 0 Å². The second kappa shape index (κ2) is 6.67. The van der Waals surface area contributed by atoms with Crippen molar-refractivity contribution in [3.05, 3.63) is 42.2 Å². The number of hydrogen-bond acceptors (Lipinski definition) is 5. The van der Waals surface area contributed by atoms with Crippen LogP contribution in [0.2, 0.25) is 0 Å². The lowest BCUT2D eigenvalue weighted by atomic mass is 10.1. The molecule has 1 aromatic heterocycles. The minimum atomic E-state index is -0.0405. The molecule has 1 aliphatic heterocycles. The standard InChI is InChI=1S/C15H18N4O3/c1-21-10-14-11-22-9-8-18(14)15(20)12-2-4-13(5-3-12)19-7-6-16-17-19/h2-7,14H,8-11H2,1H3. The van der Waals surface area contributed by atoms with E-state index >= 15 is 0 Å². The Bertz CT molecular complexity index is 610. The molecule has 7 heteroatoms. The molecule has 1 atom stereocenters. The SMILES string of the molecule is COCC1COCCN1C(=O)c1ccc(-n2ccnn2)cc1. The van der Waals surface area contributed by atoms with Crippen molar-refractivity contribution in [2.45, 2.75) is 6.04 Å². The molecule has 2 aromatic rings. The molecular weight excluding hydrogens is 284 g/mol. The van der Waals surface area contributed by atoms with E-state index in [4.69, 9.17) is 9.47 Å². The van der Waals surface area contributed by atoms with Crippen molar-refractivity contribution in [1.82, 2.24) is 19.9 Å². The zero-order chi connectivity index (χ0) is 15.4. The third kappa shape index (κ3) is 3.00. The van der Waals surface area contributed by atoms with Crippen LogP contribution < -0.4 is 0 Å². The average molecular weight is 302 g/mol. The largest absolute Gasteiger partial charge is 0.382 e. The molecule has 0 radical (unpaired) electrons. The Morgan fingerprint density at radius 2 is 2.23 bits per heavy atom. The summed E-state index contributed by atoms with van der Waals surface area (Å²) in [6.07, 6.45) is 3.37. The van der Waals surface area contributed by atoms with Crippen LogP contribution in [0.15, 0.2) is 36.7 Å². The normalized spacial score (nSPS) is 18.4. The molecule has 0 saturated carbocycles. The van der Waals surface area contributed by atoms with Crippen LogP contribution >= 0.6 is 0 Å². The van der Waals surface area contributed by atoms with E-state index in [1.807, 2.05) is 17.0 Å². The number of methoxy groups -OCH3 is 1. The summed E-state index contributed by atoms with van der Waals surface area (Å²) in [5.74, 6) is -0.00418. The summed E-state index contributed by atoms with van der Waals surface area (Å²) < 4.78 is 12.2. The van der Waals surface area contributed by atoms with Crippen molar-refractivity contribution in [1.29, 1.82) is 0 Å². The van der Waals surface area contributed by atoms with Crippen LogP contribution in [-0.2, 0) is 9.47 Å². The number of carbonyl (C=O) groups is 1. The number of carbonyl (C=O) groups excluding carboxylic acids is 1. The van der Waals surface area contributed by atoms with Crippen LogP contribution in [0.1, 0.15) is 10.4 Å². The number of benzene rings is 1. The molecule has 1 fully saturated rings. The Hall–Kier alpha value is -2.25. The van der Waals surface area contributed by atoms with Crippen molar-refractivity contribution in [2.75, 3.05) is 33.5 Å². The Morgan fingerprint density at radius 3 is 2.91 bits per heavy atom. The van der Waals surface area contributed by atoms with Gasteiger partial charge in [0.05, 0.1) is 43.9 Å². The lowest BCUT2D eigenvalue weighted by Crippen LogP contribution is -2.50. The molecule has 0 N–H and O–H groups in total. The molecule has 1 aliphatic rings. The molecule has 7 nitrogen and oxygen atoms in total. The second-order valence-electron chi connectivity index (χ2n) is 5.08. The Balaban J connectivity index is 1.76. The minimum Gasteiger partial charge on any atom is -0.382 e. The number of rotatable bonds is 4. The van der Waals surface area contributed by atoms with Gasteiger partial charge in [0.25, 0.3) is 5.91 Å². The first-order valence-electron chi connectivity index (χ1n) is 7.14. The van der Waals surface area contributed by atoms with Gasteiger partial charge in [0.1, 0.15) is 0 Å². The Morgan fingerprint density at radius 1 is 1.41 bits per heavy atom. The van der Waals surface area contributed by atoms with Gasteiger partial charge in [-0.1, -0.05) is 5.21 Å². The molecule has 1 saturated heterocycles. The maximum atomic E-state index is 12.7. The predicted octanol–water partition coefficient (Wildman–Crippen LogP) is 0.755. The third-order valence-corrected chi connectivity index (χ3v) is 3.65. The lowest BCUT2D eigenvalue weighted by Gasteiger charge is -2.35. The topological polar surface area (TPSA) is 69.5 Å². The maximum absolute atomic E-state index is 12.7. The molecule has 2 heterocycles. The quantitative estimate of drug-likeness (QED) is 0.834. The third-order valence-electron chi connectivity index (χ3n) is 3.65. The van der Waals surface area contributed by atoms with Gasteiger partial charge in [-0.25, -0.2) is 4.68 Å². The molecule has 116 valence electrons. The summed E-state index contributed by atoms with van der Waals surface area (Å²) in [5, 5.41) is 7.70. The van der Waals surface area contributed by atoms with Crippen molar-refractivity contribution in [2.24, 2.45) is 0 Å². The molecule has 3 rings (SSSR count). The number of amides is 1. The first-order chi connectivity index (χ1) is 10.8. The Kier molecular flexibility index (Phi) is 4.45. The highest BCUT2D eigenvalue weighted by Gasteiger charge is 2.27. The first-order valence-corrected chi connectivity index (χ1v) is 7.14. The van der Waals surface area contributed by atoms with Gasteiger partial charge in [0, 0.05) is 19.2 Å². The summed E-state index contributed by atoms with van der Waals surface area (Å²) >= 11 is 0. The monoisotopic (exact) mass is 302 g/mol. The zero-order valence-electron chi connectivity index (χ0n) is 12.4. The van der Waals surface area contributed by atoms with Crippen LogP contribution in [0.4, 0.5) is 0 Å². The highest BCUT2D eigenvalue weighted by atomic mass is 16.5. The summed E-state index contributed by atoms with van der Waals surface area (Å²) in [7, 11) is 1.63. The molecule has 0 bridgehead atoms. The van der Waals surface area contributed by atoms with Crippen LogP contribution in [0.3, 0.4) is 0 Å². The fourth-order valence-electron chi connectivity index (χ4n) is 2.52. The first kappa shape index (κ1) is 14.7. The Labute approximate surface area is 128 Å². The van der Waals surface area contributed by atoms with E-state index in [0.717, 1.165) is 5.69 Å². The van der Waals surface area contributed by atoms with E-state index in [-0.39, 0.29) is 11.9 Å². The molecule has 0 spiro atoms. The smallest absolute Gasteiger partial charge is 0.254 e. The predicted molar refractivity (Wildman–Crippen MR) is 78.9 cm³/mol. The van der Waals surface area contributed by atoms with Crippen LogP contribution in [0.25, 0.3) is 5.69 Å². The molecular formula is C15H18N4O3. The van der Waals surface area contributed by atoms with Gasteiger partial charge in [0.2, 0.25) is 0 Å². The van der Waals surface area contributed by atoms with Gasteiger partial charge in [-0.2, -0.15) is 0 Å². The number of aromatic nitrogens is 3. The molecule has 0 aliphatic carbocycles. The highest BCUT2D eigenvalue weighted by molar-refractivity contribution is 5.94. The van der Waals surface area contributed by atoms with E-state index in [0.29, 0.717) is 31.9 Å². The van der Waals surface area contributed by atoms with Gasteiger partial charge in [-0.05, 0) is 24.3 Å². The number of ether oxygens (including phenoxy) is 2. The van der Waals surface area contributed by atoms with Gasteiger partial charge < -0.3 is 14.4 Å². The van der Waals surface area contributed by atoms with Gasteiger partial charge in [0.15, 0.2) is 0 Å². The summed E-state index contributed by atoms with van der Waals surface area (Å²) in [6.45, 7) is 2.13. The summed E-state index contributed by atoms with van der Waals surface area (Å²) in [5.41, 5.74) is 1.51. The number of nitrogens with zero attached hydrogens (tertiary/aromatic N) is 4. The molecule has 1 unspecified atom stereocenters. The van der Waals surface area contributed by atoms with Crippen LogP contribution in [0, 0.1) is 0 Å². The zero-order valence-corrected chi connectivity index (χ0v) is 12.4. The highest BCUT2D eigenvalue weighted by Crippen LogP contribution is 2.15. The minimum absolute atomic E-state index is 0.00418.